The predicted molar refractivity (Wildman–Crippen MR) is 92.4 cm³/mol. The highest BCUT2D eigenvalue weighted by atomic mass is 35.5. The Labute approximate surface area is 139 Å². The third-order valence-corrected chi connectivity index (χ3v) is 6.02. The Kier molecular flexibility index (Phi) is 6.05. The van der Waals surface area contributed by atoms with Gasteiger partial charge in [0.1, 0.15) is 10.0 Å². The van der Waals surface area contributed by atoms with Crippen LogP contribution in [0.1, 0.15) is 26.2 Å². The van der Waals surface area contributed by atoms with Crippen molar-refractivity contribution in [3.63, 3.8) is 0 Å². The van der Waals surface area contributed by atoms with Crippen LogP contribution in [0.15, 0.2) is 34.7 Å². The lowest BCUT2D eigenvalue weighted by Gasteiger charge is -2.08. The molecule has 120 valence electrons. The van der Waals surface area contributed by atoms with Crippen molar-refractivity contribution in [3.8, 4) is 0 Å². The van der Waals surface area contributed by atoms with Gasteiger partial charge < -0.3 is 5.32 Å². The normalized spacial score (nSPS) is 11.4. The third-order valence-electron chi connectivity index (χ3n) is 2.92. The summed E-state index contributed by atoms with van der Waals surface area (Å²) in [5.74, 6) is 0.734. The van der Waals surface area contributed by atoms with Gasteiger partial charge in [-0.25, -0.2) is 13.4 Å². The van der Waals surface area contributed by atoms with Crippen molar-refractivity contribution in [1.29, 1.82) is 0 Å². The first kappa shape index (κ1) is 17.1. The molecule has 0 saturated heterocycles. The number of pyridine rings is 1. The Morgan fingerprint density at radius 3 is 2.64 bits per heavy atom. The van der Waals surface area contributed by atoms with Crippen molar-refractivity contribution >= 4 is 44.5 Å². The minimum Gasteiger partial charge on any atom is -0.370 e. The molecular formula is C14H18ClN3O2S2. The SMILES string of the molecule is CCCCCNc1ccc(NS(=O)(=O)c2ccc(Cl)s2)cn1. The number of thiophene rings is 1. The summed E-state index contributed by atoms with van der Waals surface area (Å²) < 4.78 is 27.4. The summed E-state index contributed by atoms with van der Waals surface area (Å²) in [7, 11) is -3.61. The van der Waals surface area contributed by atoms with Crippen molar-refractivity contribution in [2.24, 2.45) is 0 Å². The smallest absolute Gasteiger partial charge is 0.271 e. The summed E-state index contributed by atoms with van der Waals surface area (Å²) in [5.41, 5.74) is 0.420. The predicted octanol–water partition coefficient (Wildman–Crippen LogP) is 4.20. The van der Waals surface area contributed by atoms with Gasteiger partial charge >= 0.3 is 0 Å². The molecule has 0 aromatic carbocycles. The highest BCUT2D eigenvalue weighted by Crippen LogP contribution is 2.27. The second-order valence-corrected chi connectivity index (χ2v) is 8.35. The van der Waals surface area contributed by atoms with E-state index in [0.29, 0.717) is 10.0 Å². The summed E-state index contributed by atoms with van der Waals surface area (Å²) in [6.45, 7) is 3.01. The Balaban J connectivity index is 1.96. The zero-order valence-electron chi connectivity index (χ0n) is 12.2. The average molecular weight is 360 g/mol. The maximum absolute atomic E-state index is 12.1. The molecule has 0 fully saturated rings. The van der Waals surface area contributed by atoms with E-state index in [1.165, 1.54) is 25.1 Å². The lowest BCUT2D eigenvalue weighted by Crippen LogP contribution is -2.12. The second-order valence-electron chi connectivity index (χ2n) is 4.73. The van der Waals surface area contributed by atoms with Gasteiger partial charge in [0, 0.05) is 6.54 Å². The molecule has 0 unspecified atom stereocenters. The monoisotopic (exact) mass is 359 g/mol. The van der Waals surface area contributed by atoms with E-state index in [2.05, 4.69) is 21.9 Å². The Morgan fingerprint density at radius 2 is 2.05 bits per heavy atom. The molecule has 0 aliphatic rings. The largest absolute Gasteiger partial charge is 0.370 e. The van der Waals surface area contributed by atoms with Crippen LogP contribution in [0.4, 0.5) is 11.5 Å². The first-order chi connectivity index (χ1) is 10.5. The molecule has 2 aromatic heterocycles. The van der Waals surface area contributed by atoms with Gasteiger partial charge in [-0.15, -0.1) is 11.3 Å². The van der Waals surface area contributed by atoms with Crippen molar-refractivity contribution in [2.45, 2.75) is 30.4 Å². The Hall–Kier alpha value is -1.31. The number of anilines is 2. The molecule has 0 atom stereocenters. The number of nitrogens with zero attached hydrogens (tertiary/aromatic N) is 1. The average Bonchev–Trinajstić information content (AvgIpc) is 2.93. The number of sulfonamides is 1. The number of hydrogen-bond donors (Lipinski definition) is 2. The molecule has 2 heterocycles. The van der Waals surface area contributed by atoms with E-state index < -0.39 is 10.0 Å². The Bertz CT molecular complexity index is 699. The highest BCUT2D eigenvalue weighted by molar-refractivity contribution is 7.94. The number of halogens is 1. The lowest BCUT2D eigenvalue weighted by molar-refractivity contribution is 0.603. The fourth-order valence-corrected chi connectivity index (χ4v) is 4.32. The van der Waals surface area contributed by atoms with Crippen LogP contribution in [0.3, 0.4) is 0 Å². The first-order valence-electron chi connectivity index (χ1n) is 6.99. The fourth-order valence-electron chi connectivity index (χ4n) is 1.80. The van der Waals surface area contributed by atoms with E-state index in [1.807, 2.05) is 0 Å². The zero-order chi connectivity index (χ0) is 16.0. The first-order valence-corrected chi connectivity index (χ1v) is 9.67. The number of unbranched alkanes of at least 4 members (excludes halogenated alkanes) is 2. The van der Waals surface area contributed by atoms with Gasteiger partial charge in [-0.05, 0) is 30.7 Å². The molecule has 5 nitrogen and oxygen atoms in total. The van der Waals surface area contributed by atoms with Crippen LogP contribution in [0.25, 0.3) is 0 Å². The van der Waals surface area contributed by atoms with Crippen molar-refractivity contribution in [2.75, 3.05) is 16.6 Å². The van der Waals surface area contributed by atoms with E-state index >= 15 is 0 Å². The van der Waals surface area contributed by atoms with Crippen LogP contribution in [0.2, 0.25) is 4.34 Å². The van der Waals surface area contributed by atoms with Crippen molar-refractivity contribution in [1.82, 2.24) is 4.98 Å². The molecule has 2 aromatic rings. The molecular weight excluding hydrogens is 342 g/mol. The van der Waals surface area contributed by atoms with Gasteiger partial charge in [-0.3, -0.25) is 4.72 Å². The van der Waals surface area contributed by atoms with Gasteiger partial charge in [0.15, 0.2) is 0 Å². The summed E-state index contributed by atoms with van der Waals surface area (Å²) in [6, 6.07) is 6.47. The summed E-state index contributed by atoms with van der Waals surface area (Å²) in [6.07, 6.45) is 4.93. The molecule has 0 spiro atoms. The lowest BCUT2D eigenvalue weighted by atomic mass is 10.2. The standard InChI is InChI=1S/C14H18ClN3O2S2/c1-2-3-4-9-16-13-7-5-11(10-17-13)18-22(19,20)14-8-6-12(15)21-14/h5-8,10,18H,2-4,9H2,1H3,(H,16,17). The molecule has 0 bridgehead atoms. The van der Waals surface area contributed by atoms with E-state index in [1.54, 1.807) is 18.2 Å². The van der Waals surface area contributed by atoms with Crippen molar-refractivity contribution < 1.29 is 8.42 Å². The molecule has 2 rings (SSSR count). The van der Waals surface area contributed by atoms with Gasteiger partial charge in [-0.1, -0.05) is 31.4 Å². The van der Waals surface area contributed by atoms with E-state index in [9.17, 15) is 8.42 Å². The van der Waals surface area contributed by atoms with Crippen LogP contribution in [0.5, 0.6) is 0 Å². The second kappa shape index (κ2) is 7.80. The quantitative estimate of drug-likeness (QED) is 0.693. The molecule has 0 radical (unpaired) electrons. The number of hydrogen-bond acceptors (Lipinski definition) is 5. The van der Waals surface area contributed by atoms with Crippen LogP contribution >= 0.6 is 22.9 Å². The fraction of sp³-hybridized carbons (Fsp3) is 0.357. The minimum atomic E-state index is -3.61. The van der Waals surface area contributed by atoms with Gasteiger partial charge in [0.05, 0.1) is 16.2 Å². The van der Waals surface area contributed by atoms with E-state index in [4.69, 9.17) is 11.6 Å². The molecule has 0 amide bonds. The van der Waals surface area contributed by atoms with Gasteiger partial charge in [0.2, 0.25) is 0 Å². The van der Waals surface area contributed by atoms with Gasteiger partial charge in [0.25, 0.3) is 10.0 Å². The zero-order valence-corrected chi connectivity index (χ0v) is 14.6. The summed E-state index contributed by atoms with van der Waals surface area (Å²) >= 11 is 6.78. The molecule has 0 aliphatic heterocycles. The molecule has 22 heavy (non-hydrogen) atoms. The third kappa shape index (κ3) is 4.86. The molecule has 8 heteroatoms. The summed E-state index contributed by atoms with van der Waals surface area (Å²) in [5, 5.41) is 3.20. The van der Waals surface area contributed by atoms with Crippen LogP contribution < -0.4 is 10.0 Å². The van der Waals surface area contributed by atoms with Crippen LogP contribution in [-0.2, 0) is 10.0 Å². The molecule has 0 aliphatic carbocycles. The van der Waals surface area contributed by atoms with E-state index in [0.717, 1.165) is 30.1 Å². The highest BCUT2D eigenvalue weighted by Gasteiger charge is 2.16. The Morgan fingerprint density at radius 1 is 1.23 bits per heavy atom. The van der Waals surface area contributed by atoms with E-state index in [-0.39, 0.29) is 4.21 Å². The van der Waals surface area contributed by atoms with Crippen LogP contribution in [0, 0.1) is 0 Å². The molecule has 2 N–H and O–H groups in total. The molecule has 0 saturated carbocycles. The number of rotatable bonds is 8. The number of nitrogens with one attached hydrogen (secondary N) is 2. The van der Waals surface area contributed by atoms with Crippen LogP contribution in [-0.4, -0.2) is 19.9 Å². The minimum absolute atomic E-state index is 0.180. The number of aromatic nitrogens is 1. The summed E-state index contributed by atoms with van der Waals surface area (Å²) in [4.78, 5) is 4.20. The van der Waals surface area contributed by atoms with Gasteiger partial charge in [-0.2, -0.15) is 0 Å². The topological polar surface area (TPSA) is 71.1 Å². The maximum atomic E-state index is 12.1. The maximum Gasteiger partial charge on any atom is 0.271 e. The van der Waals surface area contributed by atoms with Crippen molar-refractivity contribution in [3.05, 3.63) is 34.8 Å².